The van der Waals surface area contributed by atoms with Gasteiger partial charge in [-0.2, -0.15) is 4.98 Å². The number of nitrogens with zero attached hydrogens (tertiary/aromatic N) is 2. The van der Waals surface area contributed by atoms with Crippen molar-refractivity contribution in [3.8, 4) is 17.1 Å². The first-order chi connectivity index (χ1) is 8.78. The smallest absolute Gasteiger partial charge is 0.240 e. The first kappa shape index (κ1) is 12.5. The molecule has 6 heteroatoms. The molecule has 1 aromatic carbocycles. The zero-order valence-electron chi connectivity index (χ0n) is 10.3. The van der Waals surface area contributed by atoms with Crippen LogP contribution in [0.2, 0.25) is 0 Å². The summed E-state index contributed by atoms with van der Waals surface area (Å²) in [6.45, 7) is 0.687. The zero-order chi connectivity index (χ0) is 13.0. The van der Waals surface area contributed by atoms with Gasteiger partial charge in [0, 0.05) is 18.2 Å². The molecule has 0 saturated heterocycles. The molecule has 0 aliphatic carbocycles. The molecule has 1 aromatic heterocycles. The van der Waals surface area contributed by atoms with Gasteiger partial charge < -0.3 is 19.7 Å². The molecule has 0 spiro atoms. The minimum Gasteiger partial charge on any atom is -0.496 e. The molecule has 0 atom stereocenters. The summed E-state index contributed by atoms with van der Waals surface area (Å²) in [6.07, 6.45) is 0. The third-order valence-corrected chi connectivity index (χ3v) is 2.48. The fourth-order valence-electron chi connectivity index (χ4n) is 1.64. The van der Waals surface area contributed by atoms with Gasteiger partial charge in [0.1, 0.15) is 5.75 Å². The van der Waals surface area contributed by atoms with Crippen molar-refractivity contribution in [2.24, 2.45) is 5.73 Å². The van der Waals surface area contributed by atoms with Crippen LogP contribution >= 0.6 is 0 Å². The zero-order valence-corrected chi connectivity index (χ0v) is 10.3. The molecule has 0 radical (unpaired) electrons. The standard InChI is InChI=1S/C12H15N3O3/c1-16-7-9-5-8(3-4-10(9)17-2)12-14-11(6-13)18-15-12/h3-5H,6-7,13H2,1-2H3. The lowest BCUT2D eigenvalue weighted by Gasteiger charge is -2.08. The second kappa shape index (κ2) is 5.61. The summed E-state index contributed by atoms with van der Waals surface area (Å²) >= 11 is 0. The van der Waals surface area contributed by atoms with Gasteiger partial charge in [-0.1, -0.05) is 5.16 Å². The Labute approximate surface area is 105 Å². The molecule has 2 N–H and O–H groups in total. The second-order valence-corrected chi connectivity index (χ2v) is 3.68. The van der Waals surface area contributed by atoms with Crippen LogP contribution in [0.4, 0.5) is 0 Å². The largest absolute Gasteiger partial charge is 0.496 e. The highest BCUT2D eigenvalue weighted by molar-refractivity contribution is 5.58. The monoisotopic (exact) mass is 249 g/mol. The molecule has 0 bridgehead atoms. The lowest BCUT2D eigenvalue weighted by atomic mass is 10.1. The summed E-state index contributed by atoms with van der Waals surface area (Å²) in [5, 5.41) is 3.87. The summed E-state index contributed by atoms with van der Waals surface area (Å²) in [5.74, 6) is 1.69. The maximum atomic E-state index is 5.43. The maximum Gasteiger partial charge on any atom is 0.240 e. The van der Waals surface area contributed by atoms with Crippen molar-refractivity contribution in [3.05, 3.63) is 29.7 Å². The van der Waals surface area contributed by atoms with E-state index in [4.69, 9.17) is 19.7 Å². The van der Waals surface area contributed by atoms with Gasteiger partial charge in [-0.05, 0) is 18.2 Å². The minimum atomic E-state index is 0.230. The molecule has 0 saturated carbocycles. The Hall–Kier alpha value is -1.92. The van der Waals surface area contributed by atoms with Crippen LogP contribution < -0.4 is 10.5 Å². The number of benzene rings is 1. The van der Waals surface area contributed by atoms with Crippen molar-refractivity contribution >= 4 is 0 Å². The van der Waals surface area contributed by atoms with Gasteiger partial charge in [0.05, 0.1) is 20.3 Å². The van der Waals surface area contributed by atoms with E-state index in [0.29, 0.717) is 18.3 Å². The van der Waals surface area contributed by atoms with E-state index in [9.17, 15) is 0 Å². The number of aromatic nitrogens is 2. The van der Waals surface area contributed by atoms with Crippen molar-refractivity contribution < 1.29 is 14.0 Å². The molecule has 2 aromatic rings. The number of rotatable bonds is 5. The molecule has 1 heterocycles. The number of hydrogen-bond acceptors (Lipinski definition) is 6. The average molecular weight is 249 g/mol. The summed E-state index contributed by atoms with van der Waals surface area (Å²) < 4.78 is 15.4. The Balaban J connectivity index is 2.36. The third kappa shape index (κ3) is 2.49. The quantitative estimate of drug-likeness (QED) is 0.861. The van der Waals surface area contributed by atoms with Gasteiger partial charge >= 0.3 is 0 Å². The van der Waals surface area contributed by atoms with E-state index in [1.54, 1.807) is 14.2 Å². The predicted molar refractivity (Wildman–Crippen MR) is 64.9 cm³/mol. The topological polar surface area (TPSA) is 83.4 Å². The number of ether oxygens (including phenoxy) is 2. The van der Waals surface area contributed by atoms with E-state index in [1.165, 1.54) is 0 Å². The lowest BCUT2D eigenvalue weighted by Crippen LogP contribution is -1.96. The van der Waals surface area contributed by atoms with Crippen molar-refractivity contribution in [1.29, 1.82) is 0 Å². The Kier molecular flexibility index (Phi) is 3.91. The van der Waals surface area contributed by atoms with Crippen LogP contribution in [0.3, 0.4) is 0 Å². The highest BCUT2D eigenvalue weighted by Gasteiger charge is 2.10. The molecule has 0 aliphatic rings. The summed E-state index contributed by atoms with van der Waals surface area (Å²) in [6, 6.07) is 5.62. The third-order valence-electron chi connectivity index (χ3n) is 2.48. The van der Waals surface area contributed by atoms with Gasteiger partial charge in [-0.3, -0.25) is 0 Å². The number of nitrogens with two attached hydrogens (primary N) is 1. The molecule has 18 heavy (non-hydrogen) atoms. The molecule has 0 unspecified atom stereocenters. The molecule has 0 amide bonds. The van der Waals surface area contributed by atoms with Crippen LogP contribution in [-0.2, 0) is 17.9 Å². The van der Waals surface area contributed by atoms with E-state index in [0.717, 1.165) is 16.9 Å². The number of hydrogen-bond donors (Lipinski definition) is 1. The van der Waals surface area contributed by atoms with Crippen LogP contribution in [0.1, 0.15) is 11.5 Å². The van der Waals surface area contributed by atoms with Gasteiger partial charge in [-0.25, -0.2) is 0 Å². The summed E-state index contributed by atoms with van der Waals surface area (Å²) in [5.41, 5.74) is 7.19. The van der Waals surface area contributed by atoms with Crippen molar-refractivity contribution in [1.82, 2.24) is 10.1 Å². The lowest BCUT2D eigenvalue weighted by molar-refractivity contribution is 0.181. The maximum absolute atomic E-state index is 5.43. The van der Waals surface area contributed by atoms with Crippen molar-refractivity contribution in [2.75, 3.05) is 14.2 Å². The van der Waals surface area contributed by atoms with E-state index < -0.39 is 0 Å². The van der Waals surface area contributed by atoms with Crippen LogP contribution in [0.15, 0.2) is 22.7 Å². The van der Waals surface area contributed by atoms with Crippen LogP contribution in [-0.4, -0.2) is 24.4 Å². The van der Waals surface area contributed by atoms with Gasteiger partial charge in [0.25, 0.3) is 0 Å². The molecule has 0 fully saturated rings. The molecule has 6 nitrogen and oxygen atoms in total. The minimum absolute atomic E-state index is 0.230. The van der Waals surface area contributed by atoms with Crippen molar-refractivity contribution in [3.63, 3.8) is 0 Å². The molecule has 2 rings (SSSR count). The van der Waals surface area contributed by atoms with E-state index >= 15 is 0 Å². The fourth-order valence-corrected chi connectivity index (χ4v) is 1.64. The van der Waals surface area contributed by atoms with Crippen LogP contribution in [0.25, 0.3) is 11.4 Å². The molecular weight excluding hydrogens is 234 g/mol. The number of methoxy groups -OCH3 is 2. The van der Waals surface area contributed by atoms with Gasteiger partial charge in [-0.15, -0.1) is 0 Å². The van der Waals surface area contributed by atoms with E-state index in [1.807, 2.05) is 18.2 Å². The fraction of sp³-hybridized carbons (Fsp3) is 0.333. The first-order valence-corrected chi connectivity index (χ1v) is 5.47. The summed E-state index contributed by atoms with van der Waals surface area (Å²) in [7, 11) is 3.25. The normalized spacial score (nSPS) is 10.6. The Morgan fingerprint density at radius 1 is 1.33 bits per heavy atom. The van der Waals surface area contributed by atoms with Crippen LogP contribution in [0, 0.1) is 0 Å². The summed E-state index contributed by atoms with van der Waals surface area (Å²) in [4.78, 5) is 4.17. The Bertz CT molecular complexity index is 525. The first-order valence-electron chi connectivity index (χ1n) is 5.47. The van der Waals surface area contributed by atoms with Crippen molar-refractivity contribution in [2.45, 2.75) is 13.2 Å². The predicted octanol–water partition coefficient (Wildman–Crippen LogP) is 1.35. The highest BCUT2D eigenvalue weighted by atomic mass is 16.5. The molecule has 0 aliphatic heterocycles. The highest BCUT2D eigenvalue weighted by Crippen LogP contribution is 2.25. The van der Waals surface area contributed by atoms with E-state index in [2.05, 4.69) is 10.1 Å². The van der Waals surface area contributed by atoms with Gasteiger partial charge in [0.2, 0.25) is 11.7 Å². The SMILES string of the molecule is COCc1cc(-c2noc(CN)n2)ccc1OC. The van der Waals surface area contributed by atoms with Gasteiger partial charge in [0.15, 0.2) is 0 Å². The van der Waals surface area contributed by atoms with Crippen LogP contribution in [0.5, 0.6) is 5.75 Å². The second-order valence-electron chi connectivity index (χ2n) is 3.68. The Morgan fingerprint density at radius 2 is 2.17 bits per heavy atom. The molecular formula is C12H15N3O3. The van der Waals surface area contributed by atoms with E-state index in [-0.39, 0.29) is 6.54 Å². The Morgan fingerprint density at radius 3 is 2.78 bits per heavy atom. The molecule has 96 valence electrons. The average Bonchev–Trinajstić information content (AvgIpc) is 2.88.